The molecule has 182 valence electrons. The van der Waals surface area contributed by atoms with Crippen molar-refractivity contribution in [3.05, 3.63) is 60.3 Å². The van der Waals surface area contributed by atoms with Crippen LogP contribution in [0, 0.1) is 23.7 Å². The van der Waals surface area contributed by atoms with Crippen molar-refractivity contribution in [2.24, 2.45) is 33.7 Å². The van der Waals surface area contributed by atoms with Crippen LogP contribution >= 0.6 is 0 Å². The zero-order chi connectivity index (χ0) is 24.0. The van der Waals surface area contributed by atoms with Gasteiger partial charge in [-0.1, -0.05) is 24.3 Å². The van der Waals surface area contributed by atoms with Crippen molar-refractivity contribution >= 4 is 29.1 Å². The Kier molecular flexibility index (Phi) is 4.15. The van der Waals surface area contributed by atoms with Gasteiger partial charge in [-0.15, -0.1) is 0 Å². The number of rotatable bonds is 5. The number of aromatic nitrogens is 2. The molecule has 1 spiro atoms. The number of nitrogens with zero attached hydrogens (tertiary/aromatic N) is 6. The molecule has 2 unspecified atom stereocenters. The maximum atomic E-state index is 13.3. The molecule has 2 amide bonds. The molecule has 6 aliphatic rings. The van der Waals surface area contributed by atoms with Gasteiger partial charge in [0.05, 0.1) is 0 Å². The minimum absolute atomic E-state index is 0.144. The number of imidazole rings is 1. The highest BCUT2D eigenvalue weighted by Crippen LogP contribution is 2.51. The summed E-state index contributed by atoms with van der Waals surface area (Å²) in [6.07, 6.45) is 12.4. The second-order valence-corrected chi connectivity index (χ2v) is 11.3. The Labute approximate surface area is 209 Å². The first kappa shape index (κ1) is 20.6. The highest BCUT2D eigenvalue weighted by atomic mass is 16.2. The largest absolute Gasteiger partial charge is 0.342 e. The molecule has 3 saturated carbocycles. The molecule has 3 aliphatic heterocycles. The summed E-state index contributed by atoms with van der Waals surface area (Å²) in [4.78, 5) is 43.3. The topological polar surface area (TPSA) is 83.2 Å². The van der Waals surface area contributed by atoms with Crippen molar-refractivity contribution in [3.63, 3.8) is 0 Å². The second-order valence-electron chi connectivity index (χ2n) is 11.3. The summed E-state index contributed by atoms with van der Waals surface area (Å²) in [7, 11) is 0. The van der Waals surface area contributed by atoms with E-state index < -0.39 is 5.54 Å². The number of carbonyl (C=O) groups is 2. The molecule has 4 heterocycles. The van der Waals surface area contributed by atoms with E-state index in [2.05, 4.69) is 29.2 Å². The molecule has 4 fully saturated rings. The van der Waals surface area contributed by atoms with Crippen LogP contribution in [0.15, 0.2) is 59.2 Å². The third-order valence-electron chi connectivity index (χ3n) is 8.68. The number of likely N-dealkylation sites (tertiary alicyclic amines) is 1. The van der Waals surface area contributed by atoms with Crippen molar-refractivity contribution in [2.45, 2.75) is 37.6 Å². The summed E-state index contributed by atoms with van der Waals surface area (Å²) in [5, 5.41) is 0. The number of amidine groups is 1. The van der Waals surface area contributed by atoms with Crippen LogP contribution in [0.2, 0.25) is 0 Å². The van der Waals surface area contributed by atoms with E-state index in [1.807, 2.05) is 33.1 Å². The Hall–Kier alpha value is -3.55. The molecule has 1 aromatic heterocycles. The van der Waals surface area contributed by atoms with Crippen molar-refractivity contribution in [1.29, 1.82) is 0 Å². The molecule has 0 radical (unpaired) electrons. The lowest BCUT2D eigenvalue weighted by atomic mass is 9.97. The first-order chi connectivity index (χ1) is 17.6. The van der Waals surface area contributed by atoms with Gasteiger partial charge in [-0.25, -0.2) is 9.98 Å². The lowest BCUT2D eigenvalue weighted by molar-refractivity contribution is -0.139. The summed E-state index contributed by atoms with van der Waals surface area (Å²) in [5.74, 6) is 3.88. The van der Waals surface area contributed by atoms with Crippen LogP contribution in [0.5, 0.6) is 0 Å². The third-order valence-corrected chi connectivity index (χ3v) is 8.68. The predicted octanol–water partition coefficient (Wildman–Crippen LogP) is 2.81. The number of carbonyl (C=O) groups excluding carboxylic acids is 2. The smallest absolute Gasteiger partial charge is 0.256 e. The van der Waals surface area contributed by atoms with Gasteiger partial charge < -0.3 is 4.90 Å². The summed E-state index contributed by atoms with van der Waals surface area (Å²) >= 11 is 0. The average molecular weight is 481 g/mol. The van der Waals surface area contributed by atoms with Crippen LogP contribution in [0.3, 0.4) is 0 Å². The average Bonchev–Trinajstić information content (AvgIpc) is 3.78. The Balaban J connectivity index is 1.01. The van der Waals surface area contributed by atoms with Crippen LogP contribution in [0.4, 0.5) is 0 Å². The quantitative estimate of drug-likeness (QED) is 0.660. The molecule has 0 bridgehead atoms. The minimum atomic E-state index is -0.521. The summed E-state index contributed by atoms with van der Waals surface area (Å²) in [6.45, 7) is 2.17. The van der Waals surface area contributed by atoms with Gasteiger partial charge in [0, 0.05) is 61.5 Å². The van der Waals surface area contributed by atoms with E-state index in [-0.39, 0.29) is 11.8 Å². The molecule has 1 aromatic carbocycles. The van der Waals surface area contributed by atoms with Crippen LogP contribution in [-0.2, 0) is 9.59 Å². The third kappa shape index (κ3) is 3.16. The number of fused-ring (bicyclic) bond motifs is 1. The number of hydrogen-bond acceptors (Lipinski definition) is 5. The summed E-state index contributed by atoms with van der Waals surface area (Å²) in [6, 6.07) is 8.51. The van der Waals surface area contributed by atoms with E-state index in [0.717, 1.165) is 62.4 Å². The lowest BCUT2D eigenvalue weighted by Gasteiger charge is -2.41. The molecule has 0 N–H and O–H groups in total. The first-order valence-electron chi connectivity index (χ1n) is 13.2. The van der Waals surface area contributed by atoms with Crippen LogP contribution in [0.1, 0.15) is 43.2 Å². The highest BCUT2D eigenvalue weighted by molar-refractivity contribution is 6.16. The van der Waals surface area contributed by atoms with Gasteiger partial charge in [0.15, 0.2) is 0 Å². The van der Waals surface area contributed by atoms with Gasteiger partial charge in [0.1, 0.15) is 23.5 Å². The van der Waals surface area contributed by atoms with E-state index in [1.165, 1.54) is 11.1 Å². The molecular formula is C28H28N6O2. The van der Waals surface area contributed by atoms with Gasteiger partial charge in [0.2, 0.25) is 5.91 Å². The zero-order valence-electron chi connectivity index (χ0n) is 20.1. The summed E-state index contributed by atoms with van der Waals surface area (Å²) < 4.78 is 2.02. The van der Waals surface area contributed by atoms with Crippen molar-refractivity contribution in [1.82, 2.24) is 19.4 Å². The van der Waals surface area contributed by atoms with Crippen molar-refractivity contribution in [2.75, 3.05) is 19.6 Å². The molecule has 8 rings (SSSR count). The van der Waals surface area contributed by atoms with E-state index >= 15 is 0 Å². The van der Waals surface area contributed by atoms with Gasteiger partial charge in [-0.05, 0) is 49.2 Å². The predicted molar refractivity (Wildman–Crippen MR) is 134 cm³/mol. The van der Waals surface area contributed by atoms with E-state index in [9.17, 15) is 9.59 Å². The molecule has 3 aliphatic carbocycles. The van der Waals surface area contributed by atoms with E-state index in [0.29, 0.717) is 30.2 Å². The Morgan fingerprint density at radius 2 is 1.83 bits per heavy atom. The molecule has 8 nitrogen and oxygen atoms in total. The highest BCUT2D eigenvalue weighted by Gasteiger charge is 2.58. The molecule has 2 atom stereocenters. The van der Waals surface area contributed by atoms with Crippen LogP contribution < -0.4 is 0 Å². The molecular weight excluding hydrogens is 452 g/mol. The van der Waals surface area contributed by atoms with Crippen LogP contribution in [0.25, 0.3) is 5.57 Å². The normalized spacial score (nSPS) is 27.9. The van der Waals surface area contributed by atoms with Gasteiger partial charge in [-0.2, -0.15) is 0 Å². The molecule has 36 heavy (non-hydrogen) atoms. The van der Waals surface area contributed by atoms with Crippen LogP contribution in [-0.4, -0.2) is 68.0 Å². The molecule has 8 heteroatoms. The minimum Gasteiger partial charge on any atom is -0.342 e. The fraction of sp³-hybridized carbons (Fsp3) is 0.464. The number of allylic oxidation sites excluding steroid dienone is 1. The zero-order valence-corrected chi connectivity index (χ0v) is 20.1. The Bertz CT molecular complexity index is 1360. The number of amides is 2. The van der Waals surface area contributed by atoms with Crippen molar-refractivity contribution < 1.29 is 9.59 Å². The SMILES string of the molecule is O=C(C1CC1)N1CC(CN2C(=O)C3(CC3)N=C2c2ccc(C3=CN=C(n4ccnc4)C4CC34)cc2)C1. The Morgan fingerprint density at radius 1 is 1.06 bits per heavy atom. The Morgan fingerprint density at radius 3 is 2.53 bits per heavy atom. The molecule has 2 aromatic rings. The molecule has 1 saturated heterocycles. The fourth-order valence-electron chi connectivity index (χ4n) is 6.11. The maximum absolute atomic E-state index is 13.3. The maximum Gasteiger partial charge on any atom is 0.256 e. The lowest BCUT2D eigenvalue weighted by Crippen LogP contribution is -2.55. The van der Waals surface area contributed by atoms with Crippen molar-refractivity contribution in [3.8, 4) is 0 Å². The van der Waals surface area contributed by atoms with Gasteiger partial charge >= 0.3 is 0 Å². The second kappa shape index (κ2) is 7.24. The first-order valence-corrected chi connectivity index (χ1v) is 13.2. The van der Waals surface area contributed by atoms with E-state index in [1.54, 1.807) is 6.20 Å². The summed E-state index contributed by atoms with van der Waals surface area (Å²) in [5.41, 5.74) is 2.94. The number of benzene rings is 1. The monoisotopic (exact) mass is 480 g/mol. The fourth-order valence-corrected chi connectivity index (χ4v) is 6.11. The number of hydrogen-bond donors (Lipinski definition) is 0. The van der Waals surface area contributed by atoms with Gasteiger partial charge in [-0.3, -0.25) is 24.0 Å². The number of aliphatic imine (C=N–C) groups is 2. The van der Waals surface area contributed by atoms with E-state index in [4.69, 9.17) is 9.98 Å². The van der Waals surface area contributed by atoms with Gasteiger partial charge in [0.25, 0.3) is 5.91 Å². The standard InChI is InChI=1S/C28H28N6O2/c35-26(20-5-6-20)33-13-17(14-33)15-34-24(31-28(7-8-28)27(34)36)19-3-1-18(2-4-19)23-12-30-25(22-11-21(22)23)32-10-9-29-16-32/h1-4,9-10,12,16-17,20-22H,5-8,11,13-15H2.